The molecule has 0 spiro atoms. The van der Waals surface area contributed by atoms with Crippen LogP contribution < -0.4 is 0 Å². The lowest BCUT2D eigenvalue weighted by molar-refractivity contribution is 0.0963. The Hall–Kier alpha value is -2.21. The van der Waals surface area contributed by atoms with Crippen LogP contribution in [0.15, 0.2) is 36.4 Å². The Balaban J connectivity index is 0.00000456. The van der Waals surface area contributed by atoms with Crippen molar-refractivity contribution in [2.75, 3.05) is 13.1 Å². The Labute approximate surface area is 226 Å². The fraction of sp³-hybridized carbons (Fsp3) is 0.533. The predicted octanol–water partition coefficient (Wildman–Crippen LogP) is 7.45. The van der Waals surface area contributed by atoms with E-state index in [-0.39, 0.29) is 63.5 Å². The number of ketones is 1. The first-order valence-corrected chi connectivity index (χ1v) is 12.7. The molecule has 0 unspecified atom stereocenters. The summed E-state index contributed by atoms with van der Waals surface area (Å²) in [7, 11) is 0. The van der Waals surface area contributed by atoms with Crippen molar-refractivity contribution < 1.29 is 14.3 Å². The maximum absolute atomic E-state index is 14.4. The standard InChI is InChI=1S/C30H41FN2O2.BrH/c1-8-11-20-17-33(28(32)22(20)14-19-12-9-10-13-25(19)31)18-26(34)21-15-23(29(2,3)4)27(35)24(16-21)30(5,6)7;/h9-10,12-13,15-16,20,22,32,35H,8,11,14,17-18H2,1-7H3;1H/t20-,22+;/m0./s1. The van der Waals surface area contributed by atoms with Crippen molar-refractivity contribution in [1.82, 2.24) is 4.90 Å². The minimum atomic E-state index is -0.322. The summed E-state index contributed by atoms with van der Waals surface area (Å²) in [6, 6.07) is 10.4. The van der Waals surface area contributed by atoms with Gasteiger partial charge in [-0.15, -0.1) is 17.0 Å². The van der Waals surface area contributed by atoms with E-state index in [0.717, 1.165) is 24.0 Å². The van der Waals surface area contributed by atoms with Crippen LogP contribution in [0.5, 0.6) is 5.75 Å². The van der Waals surface area contributed by atoms with Crippen LogP contribution in [0.25, 0.3) is 0 Å². The van der Waals surface area contributed by atoms with Gasteiger partial charge in [-0.3, -0.25) is 10.2 Å². The average molecular weight is 562 g/mol. The van der Waals surface area contributed by atoms with Crippen LogP contribution in [0.3, 0.4) is 0 Å². The van der Waals surface area contributed by atoms with Gasteiger partial charge in [-0.2, -0.15) is 0 Å². The van der Waals surface area contributed by atoms with E-state index < -0.39 is 0 Å². The fourth-order valence-corrected chi connectivity index (χ4v) is 5.15. The summed E-state index contributed by atoms with van der Waals surface area (Å²) in [4.78, 5) is 15.4. The van der Waals surface area contributed by atoms with E-state index in [1.165, 1.54) is 6.07 Å². The molecule has 2 atom stereocenters. The highest BCUT2D eigenvalue weighted by atomic mass is 79.9. The van der Waals surface area contributed by atoms with Crippen molar-refractivity contribution in [3.8, 4) is 5.75 Å². The number of carbonyl (C=O) groups is 1. The smallest absolute Gasteiger partial charge is 0.182 e. The molecule has 6 heteroatoms. The summed E-state index contributed by atoms with van der Waals surface area (Å²) in [6.45, 7) is 15.0. The second-order valence-corrected chi connectivity index (χ2v) is 12.1. The van der Waals surface area contributed by atoms with Crippen LogP contribution in [0, 0.1) is 23.1 Å². The van der Waals surface area contributed by atoms with E-state index in [9.17, 15) is 14.3 Å². The van der Waals surface area contributed by atoms with Crippen molar-refractivity contribution >= 4 is 28.6 Å². The van der Waals surface area contributed by atoms with Gasteiger partial charge in [0.1, 0.15) is 17.4 Å². The van der Waals surface area contributed by atoms with Crippen LogP contribution >= 0.6 is 17.0 Å². The lowest BCUT2D eigenvalue weighted by Crippen LogP contribution is -2.33. The molecule has 0 amide bonds. The number of rotatable bonds is 7. The highest BCUT2D eigenvalue weighted by Gasteiger charge is 2.38. The topological polar surface area (TPSA) is 64.4 Å². The normalized spacial score (nSPS) is 18.3. The summed E-state index contributed by atoms with van der Waals surface area (Å²) in [6.07, 6.45) is 2.39. The number of carbonyl (C=O) groups excluding carboxylic acids is 1. The SMILES string of the molecule is Br.CCC[C@H]1CN(CC(=O)c2cc(C(C)(C)C)c(O)c(C(C)(C)C)c2)C(=N)[C@@H]1Cc1ccccc1F. The number of benzene rings is 2. The fourth-order valence-electron chi connectivity index (χ4n) is 5.15. The first kappa shape index (κ1) is 30.0. The van der Waals surface area contributed by atoms with Crippen LogP contribution in [-0.2, 0) is 17.3 Å². The molecule has 1 aliphatic heterocycles. The largest absolute Gasteiger partial charge is 0.507 e. The highest BCUT2D eigenvalue weighted by Crippen LogP contribution is 2.40. The molecule has 0 saturated carbocycles. The molecule has 1 fully saturated rings. The van der Waals surface area contributed by atoms with Gasteiger partial charge in [0.25, 0.3) is 0 Å². The quantitative estimate of drug-likeness (QED) is 0.345. The number of Topliss-reactive ketones (excluding diaryl/α,β-unsaturated/α-hetero) is 1. The summed E-state index contributed by atoms with van der Waals surface area (Å²) < 4.78 is 14.4. The zero-order valence-electron chi connectivity index (χ0n) is 22.7. The molecule has 0 aliphatic carbocycles. The molecular weight excluding hydrogens is 519 g/mol. The molecule has 2 N–H and O–H groups in total. The molecule has 0 bridgehead atoms. The highest BCUT2D eigenvalue weighted by molar-refractivity contribution is 8.93. The first-order valence-electron chi connectivity index (χ1n) is 12.7. The summed E-state index contributed by atoms with van der Waals surface area (Å²) in [5, 5.41) is 19.9. The van der Waals surface area contributed by atoms with E-state index in [4.69, 9.17) is 5.41 Å². The second-order valence-electron chi connectivity index (χ2n) is 12.1. The van der Waals surface area contributed by atoms with Gasteiger partial charge < -0.3 is 10.0 Å². The molecule has 1 heterocycles. The van der Waals surface area contributed by atoms with E-state index in [2.05, 4.69) is 6.92 Å². The number of phenols is 1. The van der Waals surface area contributed by atoms with Gasteiger partial charge in [-0.25, -0.2) is 4.39 Å². The Bertz CT molecular complexity index is 1070. The van der Waals surface area contributed by atoms with Crippen molar-refractivity contribution in [2.24, 2.45) is 11.8 Å². The second kappa shape index (κ2) is 11.5. The summed E-state index contributed by atoms with van der Waals surface area (Å²) >= 11 is 0. The van der Waals surface area contributed by atoms with E-state index in [0.29, 0.717) is 29.9 Å². The van der Waals surface area contributed by atoms with Gasteiger partial charge in [-0.1, -0.05) is 73.1 Å². The molecule has 0 radical (unpaired) electrons. The molecule has 0 aromatic heterocycles. The number of amidine groups is 1. The summed E-state index contributed by atoms with van der Waals surface area (Å²) in [5.41, 5.74) is 2.06. The lowest BCUT2D eigenvalue weighted by atomic mass is 9.78. The molecule has 1 saturated heterocycles. The molecule has 1 aliphatic rings. The predicted molar refractivity (Wildman–Crippen MR) is 151 cm³/mol. The molecule has 4 nitrogen and oxygen atoms in total. The van der Waals surface area contributed by atoms with E-state index >= 15 is 0 Å². The van der Waals surface area contributed by atoms with Crippen LogP contribution in [0.2, 0.25) is 0 Å². The molecule has 2 aromatic carbocycles. The van der Waals surface area contributed by atoms with Gasteiger partial charge in [0, 0.05) is 29.2 Å². The Morgan fingerprint density at radius 1 is 1.08 bits per heavy atom. The van der Waals surface area contributed by atoms with Gasteiger partial charge in [0.15, 0.2) is 5.78 Å². The van der Waals surface area contributed by atoms with Gasteiger partial charge in [0.2, 0.25) is 0 Å². The molecule has 198 valence electrons. The number of nitrogens with zero attached hydrogens (tertiary/aromatic N) is 1. The zero-order chi connectivity index (χ0) is 26.1. The molecule has 2 aromatic rings. The number of halogens is 2. The lowest BCUT2D eigenvalue weighted by Gasteiger charge is -2.28. The number of nitrogens with one attached hydrogen (secondary N) is 1. The minimum absolute atomic E-state index is 0. The van der Waals surface area contributed by atoms with E-state index in [1.807, 2.05) is 64.6 Å². The average Bonchev–Trinajstić information content (AvgIpc) is 3.03. The van der Waals surface area contributed by atoms with Crippen LogP contribution in [0.4, 0.5) is 4.39 Å². The van der Waals surface area contributed by atoms with Crippen LogP contribution in [0.1, 0.15) is 88.4 Å². The van der Waals surface area contributed by atoms with E-state index in [1.54, 1.807) is 12.1 Å². The molecule has 3 rings (SSSR count). The van der Waals surface area contributed by atoms with Gasteiger partial charge >= 0.3 is 0 Å². The Morgan fingerprint density at radius 3 is 2.14 bits per heavy atom. The minimum Gasteiger partial charge on any atom is -0.507 e. The van der Waals surface area contributed by atoms with Gasteiger partial charge in [0.05, 0.1) is 6.54 Å². The van der Waals surface area contributed by atoms with Crippen molar-refractivity contribution in [2.45, 2.75) is 78.6 Å². The van der Waals surface area contributed by atoms with Crippen LogP contribution in [-0.4, -0.2) is 34.7 Å². The Kier molecular flexibility index (Phi) is 9.55. The van der Waals surface area contributed by atoms with Crippen molar-refractivity contribution in [3.05, 3.63) is 64.5 Å². The van der Waals surface area contributed by atoms with Crippen molar-refractivity contribution in [1.29, 1.82) is 5.41 Å². The molecular formula is C30H42BrFN2O2. The third kappa shape index (κ3) is 6.56. The number of hydrogen-bond acceptors (Lipinski definition) is 3. The summed E-state index contributed by atoms with van der Waals surface area (Å²) in [5.74, 6) is 0.491. The first-order chi connectivity index (χ1) is 16.2. The number of likely N-dealkylation sites (tertiary alicyclic amines) is 1. The number of phenolic OH excluding ortho intramolecular Hbond substituents is 1. The Morgan fingerprint density at radius 2 is 1.64 bits per heavy atom. The van der Waals surface area contributed by atoms with Crippen molar-refractivity contribution in [3.63, 3.8) is 0 Å². The monoisotopic (exact) mass is 560 g/mol. The van der Waals surface area contributed by atoms with Gasteiger partial charge in [-0.05, 0) is 53.4 Å². The number of hydrogen-bond donors (Lipinski definition) is 2. The maximum atomic E-state index is 14.4. The molecule has 36 heavy (non-hydrogen) atoms. The third-order valence-electron chi connectivity index (χ3n) is 7.16. The zero-order valence-corrected chi connectivity index (χ0v) is 24.5. The third-order valence-corrected chi connectivity index (χ3v) is 7.16. The maximum Gasteiger partial charge on any atom is 0.182 e. The number of aromatic hydroxyl groups is 1.